The van der Waals surface area contributed by atoms with Crippen molar-refractivity contribution in [2.75, 3.05) is 13.1 Å². The summed E-state index contributed by atoms with van der Waals surface area (Å²) >= 11 is 0. The molecule has 0 radical (unpaired) electrons. The molecule has 1 heterocycles. The lowest BCUT2D eigenvalue weighted by molar-refractivity contribution is 0.220. The van der Waals surface area contributed by atoms with Gasteiger partial charge in [0.1, 0.15) is 0 Å². The van der Waals surface area contributed by atoms with Gasteiger partial charge in [0.2, 0.25) is 11.8 Å². The van der Waals surface area contributed by atoms with Crippen molar-refractivity contribution in [1.82, 2.24) is 15.5 Å². The van der Waals surface area contributed by atoms with Crippen molar-refractivity contribution in [2.24, 2.45) is 23.7 Å². The van der Waals surface area contributed by atoms with Crippen LogP contribution in [0.5, 0.6) is 0 Å². The summed E-state index contributed by atoms with van der Waals surface area (Å²) in [7, 11) is 0. The van der Waals surface area contributed by atoms with E-state index in [0.29, 0.717) is 36.1 Å². The molecule has 0 amide bonds. The maximum absolute atomic E-state index is 5.94. The maximum atomic E-state index is 5.94. The second-order valence-electron chi connectivity index (χ2n) is 7.82. The molecule has 3 unspecified atom stereocenters. The Morgan fingerprint density at radius 2 is 2.04 bits per heavy atom. The van der Waals surface area contributed by atoms with Gasteiger partial charge in [0.15, 0.2) is 0 Å². The topological polar surface area (TPSA) is 51.0 Å². The van der Waals surface area contributed by atoms with Crippen LogP contribution in [0, 0.1) is 36.0 Å². The van der Waals surface area contributed by atoms with Crippen LogP contribution in [0.2, 0.25) is 0 Å². The summed E-state index contributed by atoms with van der Waals surface area (Å²) in [5.41, 5.74) is 2.38. The first-order valence-corrected chi connectivity index (χ1v) is 9.78. The zero-order chi connectivity index (χ0) is 19.2. The van der Waals surface area contributed by atoms with Crippen molar-refractivity contribution >= 4 is 0 Å². The number of rotatable bonds is 7. The van der Waals surface area contributed by atoms with E-state index >= 15 is 0 Å². The number of nitrogens with zero attached hydrogens (tertiary/aromatic N) is 2. The smallest absolute Gasteiger partial charge is 0.247 e. The van der Waals surface area contributed by atoms with Crippen molar-refractivity contribution in [3.05, 3.63) is 47.9 Å². The highest BCUT2D eigenvalue weighted by atomic mass is 16.4. The van der Waals surface area contributed by atoms with Crippen LogP contribution in [0.4, 0.5) is 0 Å². The second kappa shape index (κ2) is 9.01. The summed E-state index contributed by atoms with van der Waals surface area (Å²) in [4.78, 5) is 0. The molecule has 0 aliphatic heterocycles. The van der Waals surface area contributed by atoms with Gasteiger partial charge in [-0.2, -0.15) is 0 Å². The van der Waals surface area contributed by atoms with E-state index in [0.717, 1.165) is 30.8 Å². The van der Waals surface area contributed by atoms with Crippen LogP contribution < -0.4 is 5.32 Å². The molecule has 0 spiro atoms. The summed E-state index contributed by atoms with van der Waals surface area (Å²) < 4.78 is 5.94. The number of nitrogens with one attached hydrogen (secondary N) is 1. The van der Waals surface area contributed by atoms with Gasteiger partial charge in [0, 0.05) is 18.5 Å². The van der Waals surface area contributed by atoms with E-state index in [1.54, 1.807) is 0 Å². The van der Waals surface area contributed by atoms with E-state index in [-0.39, 0.29) is 0 Å². The molecule has 4 nitrogen and oxygen atoms in total. The van der Waals surface area contributed by atoms with E-state index in [1.807, 2.05) is 30.3 Å². The summed E-state index contributed by atoms with van der Waals surface area (Å²) in [6.07, 6.45) is 9.74. The number of allylic oxidation sites excluding steroid dienone is 1. The second-order valence-corrected chi connectivity index (χ2v) is 7.82. The van der Waals surface area contributed by atoms with Crippen molar-refractivity contribution in [1.29, 1.82) is 0 Å². The number of hydrogen-bond donors (Lipinski definition) is 1. The Kier molecular flexibility index (Phi) is 6.47. The molecule has 0 saturated heterocycles. The molecule has 1 aliphatic carbocycles. The first-order valence-electron chi connectivity index (χ1n) is 9.78. The average molecular weight is 364 g/mol. The number of terminal acetylenes is 1. The normalized spacial score (nSPS) is 22.5. The Morgan fingerprint density at radius 3 is 2.74 bits per heavy atom. The minimum absolute atomic E-state index is 0.449. The van der Waals surface area contributed by atoms with Crippen molar-refractivity contribution < 1.29 is 4.42 Å². The fourth-order valence-corrected chi connectivity index (χ4v) is 4.06. The summed E-state index contributed by atoms with van der Waals surface area (Å²) in [5.74, 6) is 6.20. The molecule has 142 valence electrons. The van der Waals surface area contributed by atoms with Gasteiger partial charge in [-0.3, -0.25) is 0 Å². The van der Waals surface area contributed by atoms with Crippen LogP contribution in [0.3, 0.4) is 0 Å². The van der Waals surface area contributed by atoms with Gasteiger partial charge in [0.05, 0.1) is 6.54 Å². The molecule has 3 rings (SSSR count). The van der Waals surface area contributed by atoms with Crippen LogP contribution in [0.15, 0.2) is 46.4 Å². The molecule has 3 atom stereocenters. The first-order chi connectivity index (χ1) is 13.1. The lowest BCUT2D eigenvalue weighted by atomic mass is 9.70. The van der Waals surface area contributed by atoms with E-state index in [2.05, 4.69) is 48.3 Å². The van der Waals surface area contributed by atoms with Gasteiger partial charge in [-0.05, 0) is 49.1 Å². The molecule has 0 fully saturated rings. The average Bonchev–Trinajstić information content (AvgIpc) is 3.13. The highest BCUT2D eigenvalue weighted by Crippen LogP contribution is 2.38. The lowest BCUT2D eigenvalue weighted by Gasteiger charge is -2.37. The van der Waals surface area contributed by atoms with Crippen LogP contribution in [0.25, 0.3) is 11.5 Å². The Morgan fingerprint density at radius 1 is 1.26 bits per heavy atom. The van der Waals surface area contributed by atoms with Crippen LogP contribution in [-0.4, -0.2) is 23.3 Å². The van der Waals surface area contributed by atoms with E-state index in [9.17, 15) is 0 Å². The van der Waals surface area contributed by atoms with E-state index in [4.69, 9.17) is 10.8 Å². The van der Waals surface area contributed by atoms with E-state index in [1.165, 1.54) is 5.57 Å². The largest absolute Gasteiger partial charge is 0.421 e. The minimum Gasteiger partial charge on any atom is -0.421 e. The van der Waals surface area contributed by atoms with Gasteiger partial charge < -0.3 is 9.73 Å². The highest BCUT2D eigenvalue weighted by molar-refractivity contribution is 5.51. The van der Waals surface area contributed by atoms with Crippen LogP contribution >= 0.6 is 0 Å². The van der Waals surface area contributed by atoms with Gasteiger partial charge in [-0.1, -0.05) is 49.6 Å². The van der Waals surface area contributed by atoms with Gasteiger partial charge >= 0.3 is 0 Å². The molecular formula is C23H29N3O. The zero-order valence-corrected chi connectivity index (χ0v) is 16.5. The molecule has 2 aromatic rings. The molecule has 1 aromatic carbocycles. The first kappa shape index (κ1) is 19.4. The summed E-state index contributed by atoms with van der Waals surface area (Å²) in [6.45, 7) is 8.41. The minimum atomic E-state index is 0.449. The molecular weight excluding hydrogens is 334 g/mol. The Balaban J connectivity index is 1.71. The fraction of sp³-hybridized carbons (Fsp3) is 0.478. The quantitative estimate of drug-likeness (QED) is 0.451. The van der Waals surface area contributed by atoms with Gasteiger partial charge in [0.25, 0.3) is 0 Å². The molecule has 27 heavy (non-hydrogen) atoms. The molecule has 0 saturated carbocycles. The number of aromatic nitrogens is 2. The Bertz CT molecular complexity index is 801. The Labute approximate surface area is 162 Å². The van der Waals surface area contributed by atoms with Gasteiger partial charge in [-0.15, -0.1) is 16.6 Å². The predicted molar refractivity (Wildman–Crippen MR) is 109 cm³/mol. The standard InChI is InChI=1S/C23H29N3O/c1-5-11-24-15-20-12-17(4)19(13-21(20)16(2)3)14-22-25-26-23(27-22)18-9-7-6-8-10-18/h1,6-10,12,16,19-21,24H,11,13-15H2,2-4H3. The summed E-state index contributed by atoms with van der Waals surface area (Å²) in [6, 6.07) is 9.93. The maximum Gasteiger partial charge on any atom is 0.247 e. The predicted octanol–water partition coefficient (Wildman–Crippen LogP) is 4.36. The van der Waals surface area contributed by atoms with E-state index < -0.39 is 0 Å². The molecule has 1 aromatic heterocycles. The Hall–Kier alpha value is -2.38. The van der Waals surface area contributed by atoms with Crippen molar-refractivity contribution in [2.45, 2.75) is 33.6 Å². The molecule has 1 aliphatic rings. The van der Waals surface area contributed by atoms with Gasteiger partial charge in [-0.25, -0.2) is 0 Å². The third-order valence-corrected chi connectivity index (χ3v) is 5.60. The van der Waals surface area contributed by atoms with Crippen LogP contribution in [-0.2, 0) is 6.42 Å². The van der Waals surface area contributed by atoms with Crippen LogP contribution in [0.1, 0.15) is 33.1 Å². The molecule has 1 N–H and O–H groups in total. The third-order valence-electron chi connectivity index (χ3n) is 5.60. The molecule has 0 bridgehead atoms. The highest BCUT2D eigenvalue weighted by Gasteiger charge is 2.32. The monoisotopic (exact) mass is 363 g/mol. The SMILES string of the molecule is C#CCNCC1C=C(C)C(Cc2nnc(-c3ccccc3)o2)CC1C(C)C. The summed E-state index contributed by atoms with van der Waals surface area (Å²) in [5, 5.41) is 11.9. The lowest BCUT2D eigenvalue weighted by Crippen LogP contribution is -2.35. The molecule has 4 heteroatoms. The van der Waals surface area contributed by atoms with Crippen molar-refractivity contribution in [3.63, 3.8) is 0 Å². The zero-order valence-electron chi connectivity index (χ0n) is 16.5. The van der Waals surface area contributed by atoms with Crippen molar-refractivity contribution in [3.8, 4) is 23.8 Å². The number of benzene rings is 1. The fourth-order valence-electron chi connectivity index (χ4n) is 4.06. The third kappa shape index (κ3) is 4.87. The number of hydrogen-bond acceptors (Lipinski definition) is 4.